The molecule has 0 saturated heterocycles. The Morgan fingerprint density at radius 1 is 1.50 bits per heavy atom. The van der Waals surface area contributed by atoms with E-state index in [4.69, 9.17) is 34.8 Å². The van der Waals surface area contributed by atoms with Gasteiger partial charge in [0.2, 0.25) is 0 Å². The van der Waals surface area contributed by atoms with Gasteiger partial charge in [-0.05, 0) is 0 Å². The highest BCUT2D eigenvalue weighted by Crippen LogP contribution is 2.30. The Morgan fingerprint density at radius 2 is 1.88 bits per heavy atom. The van der Waals surface area contributed by atoms with Crippen molar-refractivity contribution in [3.63, 3.8) is 0 Å². The zero-order valence-electron chi connectivity index (χ0n) is 3.70. The molecule has 0 saturated carbocycles. The molecule has 0 rings (SSSR count). The minimum atomic E-state index is -1.49. The summed E-state index contributed by atoms with van der Waals surface area (Å²) >= 11 is 19.0. The SMILES string of the molecule is O=C(S)CC(Cl)(Cl)Cl. The summed E-state index contributed by atoms with van der Waals surface area (Å²) in [5.74, 6) is 0. The van der Waals surface area contributed by atoms with Crippen LogP contribution in [-0.4, -0.2) is 8.91 Å². The van der Waals surface area contributed by atoms with Gasteiger partial charge < -0.3 is 0 Å². The quantitative estimate of drug-likeness (QED) is 0.499. The first-order chi connectivity index (χ1) is 3.42. The first kappa shape index (κ1) is 8.89. The van der Waals surface area contributed by atoms with E-state index < -0.39 is 8.91 Å². The van der Waals surface area contributed by atoms with Crippen molar-refractivity contribution in [2.24, 2.45) is 0 Å². The molecule has 8 heavy (non-hydrogen) atoms. The first-order valence-electron chi connectivity index (χ1n) is 1.70. The molecule has 0 aromatic carbocycles. The van der Waals surface area contributed by atoms with E-state index in [1.807, 2.05) is 0 Å². The Labute approximate surface area is 67.7 Å². The number of alkyl halides is 3. The zero-order chi connectivity index (χ0) is 6.78. The van der Waals surface area contributed by atoms with Crippen molar-refractivity contribution < 1.29 is 4.79 Å². The molecule has 0 amide bonds. The predicted octanol–water partition coefficient (Wildman–Crippen LogP) is 2.20. The lowest BCUT2D eigenvalue weighted by atomic mass is 10.5. The molecule has 5 heteroatoms. The second-order valence-corrected chi connectivity index (χ2v) is 4.20. The summed E-state index contributed by atoms with van der Waals surface area (Å²) < 4.78 is -1.49. The molecule has 0 aromatic rings. The second kappa shape index (κ2) is 3.16. The molecule has 1 nitrogen and oxygen atoms in total. The summed E-state index contributed by atoms with van der Waals surface area (Å²) in [5, 5.41) is -0.426. The van der Waals surface area contributed by atoms with Crippen LogP contribution < -0.4 is 0 Å². The Kier molecular flexibility index (Phi) is 3.51. The van der Waals surface area contributed by atoms with Crippen molar-refractivity contribution in [1.82, 2.24) is 0 Å². The third kappa shape index (κ3) is 6.89. The number of thiol groups is 1. The summed E-state index contributed by atoms with van der Waals surface area (Å²) in [4.78, 5) is 10.1. The lowest BCUT2D eigenvalue weighted by molar-refractivity contribution is -0.110. The Bertz CT molecular complexity index is 97.2. The molecule has 0 aliphatic rings. The highest BCUT2D eigenvalue weighted by molar-refractivity contribution is 7.96. The van der Waals surface area contributed by atoms with Gasteiger partial charge >= 0.3 is 0 Å². The molecule has 0 N–H and O–H groups in total. The highest BCUT2D eigenvalue weighted by atomic mass is 35.6. The molecule has 0 unspecified atom stereocenters. The number of halogens is 3. The molecule has 0 aromatic heterocycles. The predicted molar refractivity (Wildman–Crippen MR) is 38.9 cm³/mol. The molecular formula is C3H3Cl3OS. The zero-order valence-corrected chi connectivity index (χ0v) is 6.86. The van der Waals surface area contributed by atoms with Crippen LogP contribution in [0.2, 0.25) is 0 Å². The van der Waals surface area contributed by atoms with Crippen LogP contribution in [0.4, 0.5) is 0 Å². The second-order valence-electron chi connectivity index (χ2n) is 1.19. The molecule has 48 valence electrons. The van der Waals surface area contributed by atoms with Crippen molar-refractivity contribution >= 4 is 52.5 Å². The molecule has 0 radical (unpaired) electrons. The smallest absolute Gasteiger partial charge is 0.198 e. The third-order valence-corrected chi connectivity index (χ3v) is 0.911. The van der Waals surface area contributed by atoms with Gasteiger partial charge in [0.15, 0.2) is 8.91 Å². The summed E-state index contributed by atoms with van der Waals surface area (Å²) in [5.41, 5.74) is 0. The van der Waals surface area contributed by atoms with Crippen LogP contribution in [0.15, 0.2) is 0 Å². The van der Waals surface area contributed by atoms with Crippen molar-refractivity contribution in [2.45, 2.75) is 10.2 Å². The van der Waals surface area contributed by atoms with E-state index in [0.717, 1.165) is 0 Å². The summed E-state index contributed by atoms with van der Waals surface area (Å²) in [6.07, 6.45) is -0.152. The van der Waals surface area contributed by atoms with E-state index in [0.29, 0.717) is 0 Å². The van der Waals surface area contributed by atoms with Gasteiger partial charge in [0.25, 0.3) is 0 Å². The van der Waals surface area contributed by atoms with Crippen molar-refractivity contribution in [3.8, 4) is 0 Å². The van der Waals surface area contributed by atoms with E-state index in [1.165, 1.54) is 0 Å². The maximum absolute atomic E-state index is 10.1. The maximum Gasteiger partial charge on any atom is 0.198 e. The normalized spacial score (nSPS) is 11.5. The molecule has 0 fully saturated rings. The van der Waals surface area contributed by atoms with Crippen LogP contribution in [0.5, 0.6) is 0 Å². The number of hydrogen-bond acceptors (Lipinski definition) is 1. The Balaban J connectivity index is 3.55. The van der Waals surface area contributed by atoms with Gasteiger partial charge in [0, 0.05) is 0 Å². The number of carbonyl (C=O) groups is 1. The lowest BCUT2D eigenvalue weighted by Gasteiger charge is -2.04. The Hall–Kier alpha value is 0.890. The molecule has 0 spiro atoms. The van der Waals surface area contributed by atoms with E-state index in [2.05, 4.69) is 12.6 Å². The summed E-state index contributed by atoms with van der Waals surface area (Å²) in [7, 11) is 0. The van der Waals surface area contributed by atoms with Crippen LogP contribution in [0.1, 0.15) is 6.42 Å². The van der Waals surface area contributed by atoms with Crippen LogP contribution >= 0.6 is 47.4 Å². The highest BCUT2D eigenvalue weighted by Gasteiger charge is 2.21. The lowest BCUT2D eigenvalue weighted by Crippen LogP contribution is -2.05. The van der Waals surface area contributed by atoms with E-state index >= 15 is 0 Å². The number of rotatable bonds is 1. The standard InChI is InChI=1S/C3H3Cl3OS/c4-3(5,6)1-2(7)8/h1H2,(H,7,8). The van der Waals surface area contributed by atoms with Gasteiger partial charge in [-0.2, -0.15) is 0 Å². The minimum absolute atomic E-state index is 0.152. The Morgan fingerprint density at radius 3 is 1.88 bits per heavy atom. The van der Waals surface area contributed by atoms with E-state index in [1.54, 1.807) is 0 Å². The number of carbonyl (C=O) groups excluding carboxylic acids is 1. The first-order valence-corrected chi connectivity index (χ1v) is 3.28. The van der Waals surface area contributed by atoms with Gasteiger partial charge in [-0.15, -0.1) is 12.6 Å². The van der Waals surface area contributed by atoms with Crippen LogP contribution in [0.25, 0.3) is 0 Å². The minimum Gasteiger partial charge on any atom is -0.287 e. The average molecular weight is 193 g/mol. The van der Waals surface area contributed by atoms with Gasteiger partial charge in [0.05, 0.1) is 6.42 Å². The van der Waals surface area contributed by atoms with Crippen molar-refractivity contribution in [1.29, 1.82) is 0 Å². The van der Waals surface area contributed by atoms with Gasteiger partial charge in [-0.1, -0.05) is 34.8 Å². The molecule has 0 aliphatic heterocycles. The van der Waals surface area contributed by atoms with E-state index in [-0.39, 0.29) is 6.42 Å². The van der Waals surface area contributed by atoms with Crippen molar-refractivity contribution in [3.05, 3.63) is 0 Å². The van der Waals surface area contributed by atoms with Gasteiger partial charge in [0.1, 0.15) is 0 Å². The van der Waals surface area contributed by atoms with Crippen LogP contribution in [-0.2, 0) is 4.79 Å². The maximum atomic E-state index is 10.1. The summed E-state index contributed by atoms with van der Waals surface area (Å²) in [6, 6.07) is 0. The van der Waals surface area contributed by atoms with E-state index in [9.17, 15) is 4.79 Å². The molecule has 0 atom stereocenters. The molecule has 0 heterocycles. The fourth-order valence-corrected chi connectivity index (χ4v) is 1.05. The van der Waals surface area contributed by atoms with Crippen molar-refractivity contribution in [2.75, 3.05) is 0 Å². The van der Waals surface area contributed by atoms with Crippen LogP contribution in [0.3, 0.4) is 0 Å². The molecular weight excluding hydrogens is 190 g/mol. The van der Waals surface area contributed by atoms with Gasteiger partial charge in [-0.25, -0.2) is 0 Å². The molecule has 0 bridgehead atoms. The summed E-state index contributed by atoms with van der Waals surface area (Å²) in [6.45, 7) is 0. The third-order valence-electron chi connectivity index (χ3n) is 0.352. The van der Waals surface area contributed by atoms with Gasteiger partial charge in [-0.3, -0.25) is 4.79 Å². The number of hydrogen-bond donors (Lipinski definition) is 1. The topological polar surface area (TPSA) is 17.1 Å². The fraction of sp³-hybridized carbons (Fsp3) is 0.667. The average Bonchev–Trinajstić information content (AvgIpc) is 1.21. The van der Waals surface area contributed by atoms with Crippen LogP contribution in [0, 0.1) is 0 Å². The molecule has 0 aliphatic carbocycles. The monoisotopic (exact) mass is 192 g/mol. The largest absolute Gasteiger partial charge is 0.287 e. The fourth-order valence-electron chi connectivity index (χ4n) is 0.171.